The third kappa shape index (κ3) is 3.96. The van der Waals surface area contributed by atoms with Gasteiger partial charge in [0.15, 0.2) is 0 Å². The van der Waals surface area contributed by atoms with Crippen molar-refractivity contribution in [3.8, 4) is 5.69 Å². The van der Waals surface area contributed by atoms with Crippen LogP contribution in [0.25, 0.3) is 5.69 Å². The fraction of sp³-hybridized carbons (Fsp3) is 0.471. The standard InChI is InChI=1S/C17H23N5O/c1-14-19-16(20-22(14)15-8-4-2-5-9-15)17(23)18-10-13-21-11-6-3-7-12-21/h2,4-5,8-9H,3,6-7,10-13H2,1H3,(H,18,23). The van der Waals surface area contributed by atoms with Gasteiger partial charge in [0.25, 0.3) is 5.91 Å². The summed E-state index contributed by atoms with van der Waals surface area (Å²) in [5.41, 5.74) is 0.907. The lowest BCUT2D eigenvalue weighted by Gasteiger charge is -2.26. The maximum absolute atomic E-state index is 12.2. The lowest BCUT2D eigenvalue weighted by Crippen LogP contribution is -2.37. The number of aromatic nitrogens is 3. The van der Waals surface area contributed by atoms with E-state index in [0.717, 1.165) is 25.3 Å². The normalized spacial score (nSPS) is 15.5. The molecule has 122 valence electrons. The monoisotopic (exact) mass is 313 g/mol. The van der Waals surface area contributed by atoms with Gasteiger partial charge in [-0.1, -0.05) is 24.6 Å². The summed E-state index contributed by atoms with van der Waals surface area (Å²) in [6.45, 7) is 5.65. The molecule has 1 saturated heterocycles. The Balaban J connectivity index is 1.57. The molecule has 1 aliphatic heterocycles. The number of para-hydroxylation sites is 1. The molecule has 1 aromatic carbocycles. The van der Waals surface area contributed by atoms with E-state index in [1.54, 1.807) is 4.68 Å². The second kappa shape index (κ2) is 7.37. The van der Waals surface area contributed by atoms with Crippen molar-refractivity contribution in [1.82, 2.24) is 25.0 Å². The zero-order valence-corrected chi connectivity index (χ0v) is 13.5. The fourth-order valence-electron chi connectivity index (χ4n) is 2.89. The summed E-state index contributed by atoms with van der Waals surface area (Å²) in [5.74, 6) is 0.724. The van der Waals surface area contributed by atoms with Gasteiger partial charge in [0.1, 0.15) is 5.82 Å². The molecule has 0 saturated carbocycles. The molecule has 1 aliphatic rings. The van der Waals surface area contributed by atoms with Gasteiger partial charge in [-0.05, 0) is 45.0 Å². The zero-order chi connectivity index (χ0) is 16.1. The Kier molecular flexibility index (Phi) is 5.02. The quantitative estimate of drug-likeness (QED) is 0.914. The Hall–Kier alpha value is -2.21. The number of rotatable bonds is 5. The molecule has 0 unspecified atom stereocenters. The van der Waals surface area contributed by atoms with E-state index in [9.17, 15) is 4.79 Å². The Morgan fingerprint density at radius 1 is 1.17 bits per heavy atom. The van der Waals surface area contributed by atoms with Crippen LogP contribution >= 0.6 is 0 Å². The summed E-state index contributed by atoms with van der Waals surface area (Å²) in [4.78, 5) is 18.9. The van der Waals surface area contributed by atoms with E-state index in [0.29, 0.717) is 12.4 Å². The van der Waals surface area contributed by atoms with E-state index >= 15 is 0 Å². The number of carbonyl (C=O) groups excluding carboxylic acids is 1. The van der Waals surface area contributed by atoms with Crippen molar-refractivity contribution in [2.24, 2.45) is 0 Å². The third-order valence-corrected chi connectivity index (χ3v) is 4.14. The second-order valence-electron chi connectivity index (χ2n) is 5.89. The second-order valence-corrected chi connectivity index (χ2v) is 5.89. The number of hydrogen-bond acceptors (Lipinski definition) is 4. The van der Waals surface area contributed by atoms with E-state index in [4.69, 9.17) is 0 Å². The Morgan fingerprint density at radius 3 is 2.65 bits per heavy atom. The fourth-order valence-corrected chi connectivity index (χ4v) is 2.89. The lowest BCUT2D eigenvalue weighted by atomic mass is 10.1. The molecule has 0 radical (unpaired) electrons. The Labute approximate surface area is 136 Å². The molecule has 0 atom stereocenters. The van der Waals surface area contributed by atoms with Gasteiger partial charge in [-0.2, -0.15) is 0 Å². The number of likely N-dealkylation sites (tertiary alicyclic amines) is 1. The van der Waals surface area contributed by atoms with Crippen molar-refractivity contribution in [3.05, 3.63) is 42.0 Å². The van der Waals surface area contributed by atoms with E-state index in [1.807, 2.05) is 37.3 Å². The number of benzene rings is 1. The van der Waals surface area contributed by atoms with Crippen LogP contribution in [-0.4, -0.2) is 51.8 Å². The van der Waals surface area contributed by atoms with Crippen LogP contribution in [0.15, 0.2) is 30.3 Å². The molecular weight excluding hydrogens is 290 g/mol. The summed E-state index contributed by atoms with van der Waals surface area (Å²) in [6, 6.07) is 9.72. The minimum atomic E-state index is -0.209. The Bertz CT molecular complexity index is 646. The summed E-state index contributed by atoms with van der Waals surface area (Å²) in [7, 11) is 0. The predicted molar refractivity (Wildman–Crippen MR) is 88.7 cm³/mol. The average Bonchev–Trinajstić information content (AvgIpc) is 2.98. The smallest absolute Gasteiger partial charge is 0.291 e. The largest absolute Gasteiger partial charge is 0.348 e. The van der Waals surface area contributed by atoms with Crippen LogP contribution in [0.5, 0.6) is 0 Å². The van der Waals surface area contributed by atoms with Crippen LogP contribution in [0.4, 0.5) is 0 Å². The molecule has 3 rings (SSSR count). The van der Waals surface area contributed by atoms with Crippen molar-refractivity contribution in [1.29, 1.82) is 0 Å². The van der Waals surface area contributed by atoms with Crippen molar-refractivity contribution < 1.29 is 4.79 Å². The molecule has 0 spiro atoms. The molecule has 1 aromatic heterocycles. The molecule has 1 amide bonds. The number of amides is 1. The summed E-state index contributed by atoms with van der Waals surface area (Å²) >= 11 is 0. The molecule has 2 aromatic rings. The third-order valence-electron chi connectivity index (χ3n) is 4.14. The molecule has 1 N–H and O–H groups in total. The maximum atomic E-state index is 12.2. The topological polar surface area (TPSA) is 63.1 Å². The van der Waals surface area contributed by atoms with Gasteiger partial charge in [-0.15, -0.1) is 5.10 Å². The van der Waals surface area contributed by atoms with Gasteiger partial charge >= 0.3 is 0 Å². The number of carbonyl (C=O) groups is 1. The van der Waals surface area contributed by atoms with Crippen molar-refractivity contribution in [2.45, 2.75) is 26.2 Å². The lowest BCUT2D eigenvalue weighted by molar-refractivity contribution is 0.0936. The molecule has 23 heavy (non-hydrogen) atoms. The first-order valence-corrected chi connectivity index (χ1v) is 8.24. The predicted octanol–water partition coefficient (Wildman–Crippen LogP) is 1.79. The molecule has 6 heteroatoms. The number of nitrogens with zero attached hydrogens (tertiary/aromatic N) is 4. The van der Waals surface area contributed by atoms with Crippen LogP contribution in [-0.2, 0) is 0 Å². The number of aryl methyl sites for hydroxylation is 1. The van der Waals surface area contributed by atoms with Gasteiger partial charge in [0, 0.05) is 13.1 Å². The van der Waals surface area contributed by atoms with E-state index in [1.165, 1.54) is 19.3 Å². The summed E-state index contributed by atoms with van der Waals surface area (Å²) < 4.78 is 1.69. The molecular formula is C17H23N5O. The molecule has 1 fully saturated rings. The first kappa shape index (κ1) is 15.7. The number of hydrogen-bond donors (Lipinski definition) is 1. The van der Waals surface area contributed by atoms with Crippen molar-refractivity contribution in [3.63, 3.8) is 0 Å². The minimum Gasteiger partial charge on any atom is -0.348 e. The van der Waals surface area contributed by atoms with Crippen LogP contribution in [0, 0.1) is 6.92 Å². The first-order chi connectivity index (χ1) is 11.2. The van der Waals surface area contributed by atoms with Gasteiger partial charge in [-0.3, -0.25) is 4.79 Å². The zero-order valence-electron chi connectivity index (χ0n) is 13.5. The van der Waals surface area contributed by atoms with Gasteiger partial charge in [-0.25, -0.2) is 9.67 Å². The molecule has 2 heterocycles. The maximum Gasteiger partial charge on any atom is 0.291 e. The van der Waals surface area contributed by atoms with Crippen LogP contribution in [0.3, 0.4) is 0 Å². The van der Waals surface area contributed by atoms with Crippen molar-refractivity contribution >= 4 is 5.91 Å². The highest BCUT2D eigenvalue weighted by atomic mass is 16.2. The van der Waals surface area contributed by atoms with E-state index in [2.05, 4.69) is 20.3 Å². The summed E-state index contributed by atoms with van der Waals surface area (Å²) in [6.07, 6.45) is 3.84. The van der Waals surface area contributed by atoms with Gasteiger partial charge in [0.2, 0.25) is 5.82 Å². The summed E-state index contributed by atoms with van der Waals surface area (Å²) in [5, 5.41) is 7.24. The SMILES string of the molecule is Cc1nc(C(=O)NCCN2CCCCC2)nn1-c1ccccc1. The van der Waals surface area contributed by atoms with E-state index < -0.39 is 0 Å². The van der Waals surface area contributed by atoms with Gasteiger partial charge in [0.05, 0.1) is 5.69 Å². The highest BCUT2D eigenvalue weighted by molar-refractivity contribution is 5.90. The first-order valence-electron chi connectivity index (χ1n) is 8.24. The van der Waals surface area contributed by atoms with Crippen LogP contribution < -0.4 is 5.32 Å². The highest BCUT2D eigenvalue weighted by Gasteiger charge is 2.15. The molecule has 0 aliphatic carbocycles. The van der Waals surface area contributed by atoms with Crippen LogP contribution in [0.2, 0.25) is 0 Å². The van der Waals surface area contributed by atoms with Crippen molar-refractivity contribution in [2.75, 3.05) is 26.2 Å². The van der Waals surface area contributed by atoms with Crippen LogP contribution in [0.1, 0.15) is 35.7 Å². The highest BCUT2D eigenvalue weighted by Crippen LogP contribution is 2.09. The Morgan fingerprint density at radius 2 is 1.91 bits per heavy atom. The minimum absolute atomic E-state index is 0.209. The van der Waals surface area contributed by atoms with Gasteiger partial charge < -0.3 is 10.2 Å². The average molecular weight is 313 g/mol. The molecule has 6 nitrogen and oxygen atoms in total. The van der Waals surface area contributed by atoms with E-state index in [-0.39, 0.29) is 11.7 Å². The number of nitrogens with one attached hydrogen (secondary N) is 1. The molecule has 0 bridgehead atoms. The number of piperidine rings is 1.